The van der Waals surface area contributed by atoms with E-state index in [9.17, 15) is 0 Å². The molecule has 2 aromatic rings. The Kier molecular flexibility index (Phi) is 5.85. The monoisotopic (exact) mass is 414 g/mol. The van der Waals surface area contributed by atoms with Crippen molar-refractivity contribution in [3.8, 4) is 0 Å². The molecule has 150 valence electrons. The third-order valence-electron chi connectivity index (χ3n) is 5.81. The molecular formula is C24H30O2S2. The summed E-state index contributed by atoms with van der Waals surface area (Å²) >= 11 is 3.84. The Hall–Kier alpha value is -0.940. The zero-order chi connectivity index (χ0) is 19.8. The van der Waals surface area contributed by atoms with Gasteiger partial charge in [-0.05, 0) is 64.8 Å². The lowest BCUT2D eigenvalue weighted by atomic mass is 9.85. The molecule has 2 aliphatic heterocycles. The van der Waals surface area contributed by atoms with Crippen LogP contribution in [0, 0.1) is 0 Å². The number of fused-ring (bicyclic) bond motifs is 1. The van der Waals surface area contributed by atoms with Gasteiger partial charge in [-0.2, -0.15) is 0 Å². The van der Waals surface area contributed by atoms with Crippen molar-refractivity contribution in [2.45, 2.75) is 84.2 Å². The fourth-order valence-corrected chi connectivity index (χ4v) is 6.72. The van der Waals surface area contributed by atoms with Crippen LogP contribution in [0.3, 0.4) is 0 Å². The second kappa shape index (κ2) is 8.06. The fraction of sp³-hybridized carbons (Fsp3) is 0.500. The van der Waals surface area contributed by atoms with Gasteiger partial charge in [-0.3, -0.25) is 0 Å². The van der Waals surface area contributed by atoms with Crippen molar-refractivity contribution in [1.29, 1.82) is 0 Å². The molecule has 0 amide bonds. The van der Waals surface area contributed by atoms with E-state index in [1.165, 1.54) is 9.79 Å². The van der Waals surface area contributed by atoms with Gasteiger partial charge in [-0.25, -0.2) is 0 Å². The molecule has 0 N–H and O–H groups in total. The molecule has 2 heterocycles. The maximum Gasteiger partial charge on any atom is 0.0857 e. The summed E-state index contributed by atoms with van der Waals surface area (Å²) in [5.74, 6) is 0. The van der Waals surface area contributed by atoms with Crippen LogP contribution in [0.5, 0.6) is 0 Å². The molecule has 2 aliphatic rings. The van der Waals surface area contributed by atoms with Crippen LogP contribution < -0.4 is 0 Å². The summed E-state index contributed by atoms with van der Waals surface area (Å²) < 4.78 is 13.3. The highest BCUT2D eigenvalue weighted by Crippen LogP contribution is 2.48. The van der Waals surface area contributed by atoms with Gasteiger partial charge in [0.25, 0.3) is 0 Å². The van der Waals surface area contributed by atoms with Crippen LogP contribution in [0.25, 0.3) is 0 Å². The highest BCUT2D eigenvalue weighted by molar-refractivity contribution is 8.00. The third kappa shape index (κ3) is 4.46. The predicted molar refractivity (Wildman–Crippen MR) is 119 cm³/mol. The van der Waals surface area contributed by atoms with Crippen molar-refractivity contribution in [2.75, 3.05) is 0 Å². The summed E-state index contributed by atoms with van der Waals surface area (Å²) in [4.78, 5) is 2.60. The number of thioether (sulfide) groups is 2. The molecule has 0 saturated carbocycles. The fourth-order valence-electron chi connectivity index (χ4n) is 4.18. The molecule has 0 aliphatic carbocycles. The molecule has 4 heteroatoms. The van der Waals surface area contributed by atoms with E-state index in [1.54, 1.807) is 0 Å². The zero-order valence-corrected chi connectivity index (χ0v) is 18.8. The van der Waals surface area contributed by atoms with Crippen LogP contribution in [0.1, 0.15) is 40.5 Å². The van der Waals surface area contributed by atoms with Crippen molar-refractivity contribution in [2.24, 2.45) is 0 Å². The van der Waals surface area contributed by atoms with E-state index in [4.69, 9.17) is 9.47 Å². The highest BCUT2D eigenvalue weighted by atomic mass is 32.2. The van der Waals surface area contributed by atoms with Crippen molar-refractivity contribution in [1.82, 2.24) is 0 Å². The van der Waals surface area contributed by atoms with Crippen molar-refractivity contribution < 1.29 is 9.47 Å². The molecule has 0 aromatic heterocycles. The van der Waals surface area contributed by atoms with Gasteiger partial charge >= 0.3 is 0 Å². The Balaban J connectivity index is 1.48. The second-order valence-electron chi connectivity index (χ2n) is 8.83. The van der Waals surface area contributed by atoms with Gasteiger partial charge in [-0.15, -0.1) is 23.5 Å². The number of hydrogen-bond acceptors (Lipinski definition) is 4. The summed E-state index contributed by atoms with van der Waals surface area (Å²) in [6.45, 7) is 8.96. The van der Waals surface area contributed by atoms with E-state index in [-0.39, 0.29) is 23.4 Å². The number of rotatable bonds is 4. The van der Waals surface area contributed by atoms with Crippen LogP contribution in [0.15, 0.2) is 70.5 Å². The zero-order valence-electron chi connectivity index (χ0n) is 17.1. The topological polar surface area (TPSA) is 18.5 Å². The van der Waals surface area contributed by atoms with Crippen molar-refractivity contribution in [3.63, 3.8) is 0 Å². The minimum atomic E-state index is -0.172. The Labute approximate surface area is 177 Å². The minimum absolute atomic E-state index is 0.164. The van der Waals surface area contributed by atoms with Gasteiger partial charge in [0, 0.05) is 20.3 Å². The quantitative estimate of drug-likeness (QED) is 0.572. The molecule has 0 unspecified atom stereocenters. The van der Waals surface area contributed by atoms with E-state index in [0.717, 1.165) is 12.8 Å². The van der Waals surface area contributed by atoms with E-state index < -0.39 is 0 Å². The maximum atomic E-state index is 6.66. The van der Waals surface area contributed by atoms with Crippen molar-refractivity contribution >= 4 is 23.5 Å². The Bertz CT molecular complexity index is 708. The van der Waals surface area contributed by atoms with Gasteiger partial charge in [-0.1, -0.05) is 36.4 Å². The average molecular weight is 415 g/mol. The molecule has 4 atom stereocenters. The number of hydrogen-bond donors (Lipinski definition) is 0. The number of benzene rings is 2. The molecule has 2 fully saturated rings. The first-order valence-electron chi connectivity index (χ1n) is 10.1. The smallest absolute Gasteiger partial charge is 0.0857 e. The summed E-state index contributed by atoms with van der Waals surface area (Å²) in [6, 6.07) is 21.3. The minimum Gasteiger partial charge on any atom is -0.368 e. The molecule has 0 radical (unpaired) electrons. The summed E-state index contributed by atoms with van der Waals surface area (Å²) in [5.41, 5.74) is -0.344. The first-order chi connectivity index (χ1) is 13.3. The van der Waals surface area contributed by atoms with E-state index in [0.29, 0.717) is 10.5 Å². The maximum absolute atomic E-state index is 6.66. The third-order valence-corrected chi connectivity index (χ3v) is 8.99. The van der Waals surface area contributed by atoms with E-state index in [1.807, 2.05) is 23.5 Å². The SMILES string of the molecule is CC1(C)O[C@H]2C[C@@H](Sc3ccccc3)C(C)(C)O[C@@H]2C[C@@H]1Sc1ccccc1. The summed E-state index contributed by atoms with van der Waals surface area (Å²) in [5, 5.41) is 0.760. The largest absolute Gasteiger partial charge is 0.368 e. The predicted octanol–water partition coefficient (Wildman–Crippen LogP) is 6.44. The molecule has 2 saturated heterocycles. The van der Waals surface area contributed by atoms with Gasteiger partial charge in [0.2, 0.25) is 0 Å². The lowest BCUT2D eigenvalue weighted by Crippen LogP contribution is -2.60. The first kappa shape index (κ1) is 20.3. The van der Waals surface area contributed by atoms with Crippen molar-refractivity contribution in [3.05, 3.63) is 60.7 Å². The van der Waals surface area contributed by atoms with E-state index >= 15 is 0 Å². The lowest BCUT2D eigenvalue weighted by Gasteiger charge is -2.53. The molecule has 2 aromatic carbocycles. The van der Waals surface area contributed by atoms with Gasteiger partial charge < -0.3 is 9.47 Å². The van der Waals surface area contributed by atoms with Crippen LogP contribution in [-0.2, 0) is 9.47 Å². The summed E-state index contributed by atoms with van der Waals surface area (Å²) in [6.07, 6.45) is 2.39. The first-order valence-corrected chi connectivity index (χ1v) is 11.9. The normalized spacial score (nSPS) is 31.1. The van der Waals surface area contributed by atoms with Gasteiger partial charge in [0.1, 0.15) is 0 Å². The van der Waals surface area contributed by atoms with Gasteiger partial charge in [0.15, 0.2) is 0 Å². The molecule has 4 rings (SSSR count). The Morgan fingerprint density at radius 2 is 1.00 bits per heavy atom. The standard InChI is InChI=1S/C24H30O2S2/c1-23(2)21(27-17-11-7-5-8-12-17)15-20-19(25-23)16-22(24(3,4)26-20)28-18-13-9-6-10-14-18/h5-14,19-22H,15-16H2,1-4H3/t19-,20+,21-,22+. The number of ether oxygens (including phenoxy) is 2. The lowest BCUT2D eigenvalue weighted by molar-refractivity contribution is -0.228. The molecule has 2 nitrogen and oxygen atoms in total. The highest BCUT2D eigenvalue weighted by Gasteiger charge is 2.51. The molecule has 0 bridgehead atoms. The Morgan fingerprint density at radius 1 is 0.643 bits per heavy atom. The molecule has 28 heavy (non-hydrogen) atoms. The molecule has 0 spiro atoms. The summed E-state index contributed by atoms with van der Waals surface area (Å²) in [7, 11) is 0. The second-order valence-corrected chi connectivity index (χ2v) is 11.4. The molecular weight excluding hydrogens is 384 g/mol. The van der Waals surface area contributed by atoms with Crippen LogP contribution >= 0.6 is 23.5 Å². The van der Waals surface area contributed by atoms with E-state index in [2.05, 4.69) is 88.4 Å². The van der Waals surface area contributed by atoms with Crippen LogP contribution in [-0.4, -0.2) is 33.9 Å². The van der Waals surface area contributed by atoms with Crippen LogP contribution in [0.4, 0.5) is 0 Å². The average Bonchev–Trinajstić information content (AvgIpc) is 2.65. The van der Waals surface area contributed by atoms with Gasteiger partial charge in [0.05, 0.1) is 23.4 Å². The Morgan fingerprint density at radius 3 is 1.36 bits per heavy atom. The van der Waals surface area contributed by atoms with Crippen LogP contribution in [0.2, 0.25) is 0 Å².